The molecule has 2 aromatic heterocycles. The van der Waals surface area contributed by atoms with Gasteiger partial charge in [0.05, 0.1) is 11.8 Å². The molecule has 1 aromatic carbocycles. The number of para-hydroxylation sites is 1. The van der Waals surface area contributed by atoms with Crippen molar-refractivity contribution in [3.8, 4) is 5.75 Å². The van der Waals surface area contributed by atoms with Gasteiger partial charge in [-0.1, -0.05) is 17.4 Å². The molecule has 8 heteroatoms. The molecular formula is C18H23N5O2S. The van der Waals surface area contributed by atoms with Gasteiger partial charge in [-0.15, -0.1) is 0 Å². The number of ether oxygens (including phenoxy) is 1. The summed E-state index contributed by atoms with van der Waals surface area (Å²) in [6.07, 6.45) is 2.48. The van der Waals surface area contributed by atoms with E-state index in [1.807, 2.05) is 32.3 Å². The predicted molar refractivity (Wildman–Crippen MR) is 104 cm³/mol. The quantitative estimate of drug-likeness (QED) is 0.637. The molecule has 0 aliphatic heterocycles. The number of thiazole rings is 1. The predicted octanol–water partition coefficient (Wildman–Crippen LogP) is 2.64. The number of aromatic nitrogens is 3. The molecule has 0 saturated heterocycles. The Labute approximate surface area is 156 Å². The van der Waals surface area contributed by atoms with Crippen LogP contribution in [-0.4, -0.2) is 59.9 Å². The molecular weight excluding hydrogens is 350 g/mol. The van der Waals surface area contributed by atoms with E-state index in [4.69, 9.17) is 9.72 Å². The number of fused-ring (bicyclic) bond motifs is 1. The number of nitrogens with zero attached hydrogens (tertiary/aromatic N) is 5. The lowest BCUT2D eigenvalue weighted by atomic mass is 10.3. The van der Waals surface area contributed by atoms with Gasteiger partial charge in [0.1, 0.15) is 17.0 Å². The summed E-state index contributed by atoms with van der Waals surface area (Å²) in [4.78, 5) is 21.7. The number of carbonyl (C=O) groups is 1. The Bertz CT molecular complexity index is 902. The molecule has 0 radical (unpaired) electrons. The number of carbonyl (C=O) groups excluding carboxylic acids is 1. The summed E-state index contributed by atoms with van der Waals surface area (Å²) >= 11 is 1.50. The van der Waals surface area contributed by atoms with Gasteiger partial charge in [0, 0.05) is 19.8 Å². The maximum Gasteiger partial charge on any atom is 0.278 e. The second-order valence-electron chi connectivity index (χ2n) is 6.26. The summed E-state index contributed by atoms with van der Waals surface area (Å²) in [5.41, 5.74) is 1.33. The lowest BCUT2D eigenvalue weighted by molar-refractivity contribution is 0.0977. The lowest BCUT2D eigenvalue weighted by Crippen LogP contribution is -2.34. The largest absolute Gasteiger partial charge is 0.494 e. The minimum absolute atomic E-state index is 0.0956. The molecule has 2 heterocycles. The first-order valence-electron chi connectivity index (χ1n) is 8.39. The molecule has 0 atom stereocenters. The Morgan fingerprint density at radius 3 is 2.73 bits per heavy atom. The summed E-state index contributed by atoms with van der Waals surface area (Å²) in [5, 5.41) is 4.79. The number of anilines is 1. The van der Waals surface area contributed by atoms with Crippen molar-refractivity contribution in [2.45, 2.75) is 6.42 Å². The van der Waals surface area contributed by atoms with Gasteiger partial charge < -0.3 is 9.64 Å². The molecule has 138 valence electrons. The summed E-state index contributed by atoms with van der Waals surface area (Å²) in [6, 6.07) is 7.54. The van der Waals surface area contributed by atoms with Gasteiger partial charge in [0.15, 0.2) is 5.13 Å². The number of methoxy groups -OCH3 is 1. The van der Waals surface area contributed by atoms with Gasteiger partial charge in [0.25, 0.3) is 5.91 Å². The van der Waals surface area contributed by atoms with Crippen LogP contribution in [0.5, 0.6) is 5.75 Å². The monoisotopic (exact) mass is 373 g/mol. The van der Waals surface area contributed by atoms with Crippen LogP contribution >= 0.6 is 11.3 Å². The van der Waals surface area contributed by atoms with Crippen molar-refractivity contribution in [2.75, 3.05) is 39.2 Å². The first-order valence-corrected chi connectivity index (χ1v) is 9.21. The Kier molecular flexibility index (Phi) is 5.53. The van der Waals surface area contributed by atoms with Crippen molar-refractivity contribution in [2.24, 2.45) is 7.05 Å². The van der Waals surface area contributed by atoms with Gasteiger partial charge in [-0.05, 0) is 45.3 Å². The third-order valence-electron chi connectivity index (χ3n) is 4.09. The molecule has 0 aliphatic rings. The van der Waals surface area contributed by atoms with Crippen LogP contribution in [0, 0.1) is 0 Å². The molecule has 0 unspecified atom stereocenters. The zero-order valence-electron chi connectivity index (χ0n) is 15.5. The van der Waals surface area contributed by atoms with Crippen LogP contribution in [0.25, 0.3) is 10.2 Å². The number of rotatable bonds is 7. The minimum Gasteiger partial charge on any atom is -0.494 e. The molecule has 7 nitrogen and oxygen atoms in total. The van der Waals surface area contributed by atoms with Crippen molar-refractivity contribution >= 4 is 32.6 Å². The smallest absolute Gasteiger partial charge is 0.278 e. The first-order chi connectivity index (χ1) is 12.5. The minimum atomic E-state index is -0.0956. The lowest BCUT2D eigenvalue weighted by Gasteiger charge is -2.20. The van der Waals surface area contributed by atoms with Crippen molar-refractivity contribution < 1.29 is 9.53 Å². The molecule has 3 rings (SSSR count). The average Bonchev–Trinajstić information content (AvgIpc) is 3.23. The van der Waals surface area contributed by atoms with Gasteiger partial charge in [-0.3, -0.25) is 14.4 Å². The third kappa shape index (κ3) is 3.71. The van der Waals surface area contributed by atoms with Crippen LogP contribution in [0.4, 0.5) is 5.13 Å². The molecule has 0 bridgehead atoms. The summed E-state index contributed by atoms with van der Waals surface area (Å²) in [5.74, 6) is 0.619. The molecule has 0 aliphatic carbocycles. The van der Waals surface area contributed by atoms with Gasteiger partial charge in [0.2, 0.25) is 0 Å². The number of hydrogen-bond acceptors (Lipinski definition) is 6. The van der Waals surface area contributed by atoms with Gasteiger partial charge in [-0.2, -0.15) is 5.10 Å². The van der Waals surface area contributed by atoms with Gasteiger partial charge in [-0.25, -0.2) is 4.98 Å². The van der Waals surface area contributed by atoms with E-state index in [0.717, 1.165) is 23.2 Å². The maximum atomic E-state index is 13.1. The fourth-order valence-corrected chi connectivity index (χ4v) is 3.75. The van der Waals surface area contributed by atoms with E-state index >= 15 is 0 Å². The van der Waals surface area contributed by atoms with E-state index in [1.165, 1.54) is 11.3 Å². The highest BCUT2D eigenvalue weighted by Gasteiger charge is 2.24. The second kappa shape index (κ2) is 7.84. The molecule has 3 aromatic rings. The summed E-state index contributed by atoms with van der Waals surface area (Å²) in [6.45, 7) is 1.48. The van der Waals surface area contributed by atoms with Crippen LogP contribution in [-0.2, 0) is 7.05 Å². The molecule has 0 spiro atoms. The van der Waals surface area contributed by atoms with E-state index in [-0.39, 0.29) is 5.91 Å². The van der Waals surface area contributed by atoms with Gasteiger partial charge >= 0.3 is 0 Å². The molecule has 26 heavy (non-hydrogen) atoms. The maximum absolute atomic E-state index is 13.1. The van der Waals surface area contributed by atoms with E-state index in [1.54, 1.807) is 36.0 Å². The SMILES string of the molecule is COc1cccc2sc(N(CCCN(C)C)C(=O)c3ccnn3C)nc12. The number of hydrogen-bond donors (Lipinski definition) is 0. The highest BCUT2D eigenvalue weighted by atomic mass is 32.1. The van der Waals surface area contributed by atoms with E-state index < -0.39 is 0 Å². The van der Waals surface area contributed by atoms with Crippen LogP contribution in [0.15, 0.2) is 30.5 Å². The van der Waals surface area contributed by atoms with Crippen LogP contribution in [0.3, 0.4) is 0 Å². The summed E-state index contributed by atoms with van der Waals surface area (Å²) < 4.78 is 7.99. The standard InChI is InChI=1S/C18H23N5O2S/c1-21(2)11-6-12-23(17(24)13-9-10-19-22(13)3)18-20-16-14(25-4)7-5-8-15(16)26-18/h5,7-10H,6,11-12H2,1-4H3. The van der Waals surface area contributed by atoms with Crippen molar-refractivity contribution in [3.63, 3.8) is 0 Å². The number of benzene rings is 1. The fraction of sp³-hybridized carbons (Fsp3) is 0.389. The normalized spacial score (nSPS) is 11.3. The zero-order chi connectivity index (χ0) is 18.7. The fourth-order valence-electron chi connectivity index (χ4n) is 2.74. The highest BCUT2D eigenvalue weighted by Crippen LogP contribution is 2.34. The van der Waals surface area contributed by atoms with E-state index in [0.29, 0.717) is 23.1 Å². The second-order valence-corrected chi connectivity index (χ2v) is 7.27. The van der Waals surface area contributed by atoms with Crippen LogP contribution in [0.1, 0.15) is 16.9 Å². The number of amides is 1. The van der Waals surface area contributed by atoms with Crippen LogP contribution in [0.2, 0.25) is 0 Å². The average molecular weight is 373 g/mol. The van der Waals surface area contributed by atoms with Crippen molar-refractivity contribution in [1.82, 2.24) is 19.7 Å². The molecule has 0 saturated carbocycles. The zero-order valence-corrected chi connectivity index (χ0v) is 16.3. The highest BCUT2D eigenvalue weighted by molar-refractivity contribution is 7.22. The molecule has 1 amide bonds. The third-order valence-corrected chi connectivity index (χ3v) is 5.14. The van der Waals surface area contributed by atoms with Crippen molar-refractivity contribution in [1.29, 1.82) is 0 Å². The number of aryl methyl sites for hydroxylation is 1. The topological polar surface area (TPSA) is 63.5 Å². The Morgan fingerprint density at radius 1 is 1.27 bits per heavy atom. The van der Waals surface area contributed by atoms with E-state index in [2.05, 4.69) is 10.00 Å². The Morgan fingerprint density at radius 2 is 2.08 bits per heavy atom. The Balaban J connectivity index is 1.97. The van der Waals surface area contributed by atoms with Crippen molar-refractivity contribution in [3.05, 3.63) is 36.2 Å². The molecule has 0 fully saturated rings. The Hall–Kier alpha value is -2.45. The first kappa shape index (κ1) is 18.3. The molecule has 0 N–H and O–H groups in total. The van der Waals surface area contributed by atoms with E-state index in [9.17, 15) is 4.79 Å². The van der Waals surface area contributed by atoms with Crippen LogP contribution < -0.4 is 9.64 Å². The summed E-state index contributed by atoms with van der Waals surface area (Å²) in [7, 11) is 7.45.